The van der Waals surface area contributed by atoms with Gasteiger partial charge in [0.05, 0.1) is 0 Å². The Kier molecular flexibility index (Phi) is 2.16. The number of aliphatic imine (C=N–C) groups is 1. The van der Waals surface area contributed by atoms with Crippen LogP contribution in [0.5, 0.6) is 0 Å². The molecule has 0 radical (unpaired) electrons. The van der Waals surface area contributed by atoms with E-state index in [9.17, 15) is 9.59 Å². The smallest absolute Gasteiger partial charge is 0.331 e. The van der Waals surface area contributed by atoms with Crippen molar-refractivity contribution >= 4 is 18.2 Å². The second-order valence-corrected chi connectivity index (χ2v) is 2.64. The molecule has 4 N–H and O–H groups in total. The molecule has 1 rings (SSSR count). The Labute approximate surface area is 73.4 Å². The number of carbonyl (C=O) groups is 2. The molecular weight excluding hydrogens is 176 g/mol. The maximum absolute atomic E-state index is 10.7. The normalized spacial score (nSPS) is 31.6. The van der Waals surface area contributed by atoms with Gasteiger partial charge in [-0.25, -0.2) is 9.59 Å². The number of dihydropyridines is 1. The number of hydrogen-bond donors (Lipinski definition) is 3. The average Bonchev–Trinajstić information content (AvgIpc) is 2.04. The van der Waals surface area contributed by atoms with Gasteiger partial charge < -0.3 is 15.9 Å². The lowest BCUT2D eigenvalue weighted by molar-refractivity contribution is -0.149. The highest BCUT2D eigenvalue weighted by molar-refractivity contribution is 5.95. The van der Waals surface area contributed by atoms with Crippen LogP contribution < -0.4 is 5.73 Å². The lowest BCUT2D eigenvalue weighted by Crippen LogP contribution is -2.58. The summed E-state index contributed by atoms with van der Waals surface area (Å²) in [7, 11) is 0. The van der Waals surface area contributed by atoms with Crippen molar-refractivity contribution < 1.29 is 19.8 Å². The average molecular weight is 184 g/mol. The first-order valence-corrected chi connectivity index (χ1v) is 3.44. The number of carboxylic acids is 2. The molecule has 2 atom stereocenters. The van der Waals surface area contributed by atoms with Crippen LogP contribution in [0.4, 0.5) is 0 Å². The molecule has 0 aromatic carbocycles. The van der Waals surface area contributed by atoms with Crippen LogP contribution in [-0.2, 0) is 9.59 Å². The van der Waals surface area contributed by atoms with Gasteiger partial charge in [0.2, 0.25) is 0 Å². The van der Waals surface area contributed by atoms with Gasteiger partial charge in [-0.2, -0.15) is 0 Å². The molecule has 0 saturated carbocycles. The lowest BCUT2D eigenvalue weighted by Gasteiger charge is -2.26. The third-order valence-electron chi connectivity index (χ3n) is 1.75. The van der Waals surface area contributed by atoms with E-state index in [1.807, 2.05) is 0 Å². The zero-order chi connectivity index (χ0) is 10.1. The zero-order valence-corrected chi connectivity index (χ0v) is 6.54. The minimum absolute atomic E-state index is 1.11. The van der Waals surface area contributed by atoms with Gasteiger partial charge in [-0.3, -0.25) is 4.99 Å². The monoisotopic (exact) mass is 184 g/mol. The van der Waals surface area contributed by atoms with Gasteiger partial charge in [-0.15, -0.1) is 0 Å². The fourth-order valence-corrected chi connectivity index (χ4v) is 1.01. The highest BCUT2D eigenvalue weighted by Gasteiger charge is 2.45. The topological polar surface area (TPSA) is 113 Å². The van der Waals surface area contributed by atoms with Crippen LogP contribution in [0.2, 0.25) is 0 Å². The van der Waals surface area contributed by atoms with Crippen LogP contribution in [0.1, 0.15) is 0 Å². The molecule has 1 aliphatic heterocycles. The summed E-state index contributed by atoms with van der Waals surface area (Å²) in [5.74, 6) is -2.77. The van der Waals surface area contributed by atoms with Crippen LogP contribution in [0.3, 0.4) is 0 Å². The van der Waals surface area contributed by atoms with Gasteiger partial charge in [-0.1, -0.05) is 0 Å². The molecule has 0 aromatic heterocycles. The molecule has 0 aromatic rings. The van der Waals surface area contributed by atoms with E-state index in [-0.39, 0.29) is 0 Å². The second-order valence-electron chi connectivity index (χ2n) is 2.64. The Hall–Kier alpha value is -1.69. The van der Waals surface area contributed by atoms with Crippen LogP contribution in [0.25, 0.3) is 0 Å². The predicted molar refractivity (Wildman–Crippen MR) is 43.6 cm³/mol. The molecule has 6 heteroatoms. The summed E-state index contributed by atoms with van der Waals surface area (Å²) in [6.07, 6.45) is 3.64. The van der Waals surface area contributed by atoms with Crippen LogP contribution in [0, 0.1) is 0 Å². The van der Waals surface area contributed by atoms with Crippen molar-refractivity contribution in [1.29, 1.82) is 0 Å². The Bertz CT molecular complexity index is 310. The minimum atomic E-state index is -1.94. The molecule has 70 valence electrons. The van der Waals surface area contributed by atoms with Gasteiger partial charge in [0, 0.05) is 6.21 Å². The third kappa shape index (κ3) is 1.43. The van der Waals surface area contributed by atoms with E-state index in [4.69, 9.17) is 15.9 Å². The second kappa shape index (κ2) is 2.98. The summed E-state index contributed by atoms with van der Waals surface area (Å²) in [6.45, 7) is 0. The quantitative estimate of drug-likeness (QED) is 0.502. The summed E-state index contributed by atoms with van der Waals surface area (Å²) in [4.78, 5) is 24.7. The van der Waals surface area contributed by atoms with E-state index in [1.165, 1.54) is 12.3 Å². The Morgan fingerprint density at radius 3 is 2.46 bits per heavy atom. The molecule has 0 amide bonds. The Morgan fingerprint density at radius 2 is 2.08 bits per heavy atom. The number of nitrogens with two attached hydrogens (primary N) is 1. The standard InChI is InChI=1S/C7H8N2O4/c8-7(6(12)13)2-1-3-9-4(7)5(10)11/h1-4H,8H2,(H,10,11)(H,12,13). The summed E-state index contributed by atoms with van der Waals surface area (Å²) in [5.41, 5.74) is 3.42. The summed E-state index contributed by atoms with van der Waals surface area (Å²) in [5, 5.41) is 17.3. The lowest BCUT2D eigenvalue weighted by atomic mass is 9.89. The molecule has 13 heavy (non-hydrogen) atoms. The number of nitrogens with zero attached hydrogens (tertiary/aromatic N) is 1. The number of aliphatic carboxylic acids is 2. The summed E-state index contributed by atoms with van der Waals surface area (Å²) in [6, 6.07) is -1.46. The molecule has 0 bridgehead atoms. The van der Waals surface area contributed by atoms with Crippen molar-refractivity contribution in [1.82, 2.24) is 0 Å². The highest BCUT2D eigenvalue weighted by Crippen LogP contribution is 2.16. The molecule has 0 spiro atoms. The third-order valence-corrected chi connectivity index (χ3v) is 1.75. The van der Waals surface area contributed by atoms with Crippen LogP contribution >= 0.6 is 0 Å². The summed E-state index contributed by atoms with van der Waals surface area (Å²) >= 11 is 0. The van der Waals surface area contributed by atoms with Gasteiger partial charge in [0.15, 0.2) is 11.6 Å². The SMILES string of the molecule is NC1(C(=O)O)C=CC=NC1C(=O)O. The number of allylic oxidation sites excluding steroid dienone is 1. The molecule has 6 nitrogen and oxygen atoms in total. The van der Waals surface area contributed by atoms with E-state index in [0.29, 0.717) is 0 Å². The minimum Gasteiger partial charge on any atom is -0.480 e. The maximum Gasteiger partial charge on any atom is 0.331 e. The first-order chi connectivity index (χ1) is 5.98. The van der Waals surface area contributed by atoms with E-state index in [1.54, 1.807) is 0 Å². The zero-order valence-electron chi connectivity index (χ0n) is 6.54. The molecule has 1 heterocycles. The fourth-order valence-electron chi connectivity index (χ4n) is 1.01. The van der Waals surface area contributed by atoms with Crippen molar-refractivity contribution in [2.75, 3.05) is 0 Å². The van der Waals surface area contributed by atoms with Crippen molar-refractivity contribution in [3.63, 3.8) is 0 Å². The largest absolute Gasteiger partial charge is 0.480 e. The molecule has 1 aliphatic rings. The number of rotatable bonds is 2. The first-order valence-electron chi connectivity index (χ1n) is 3.44. The first kappa shape index (κ1) is 9.40. The number of carboxylic acid groups (broad SMARTS) is 2. The fraction of sp³-hybridized carbons (Fsp3) is 0.286. The van der Waals surface area contributed by atoms with Gasteiger partial charge >= 0.3 is 11.9 Å². The van der Waals surface area contributed by atoms with Crippen molar-refractivity contribution in [2.45, 2.75) is 11.6 Å². The van der Waals surface area contributed by atoms with Crippen molar-refractivity contribution in [3.05, 3.63) is 12.2 Å². The highest BCUT2D eigenvalue weighted by atomic mass is 16.4. The molecule has 0 aliphatic carbocycles. The predicted octanol–water partition coefficient (Wildman–Crippen LogP) is -1.14. The Balaban J connectivity index is 3.07. The van der Waals surface area contributed by atoms with Gasteiger partial charge in [0.1, 0.15) is 0 Å². The van der Waals surface area contributed by atoms with Crippen molar-refractivity contribution in [2.24, 2.45) is 10.7 Å². The Morgan fingerprint density at radius 1 is 1.46 bits per heavy atom. The maximum atomic E-state index is 10.7. The van der Waals surface area contributed by atoms with Crippen LogP contribution in [0.15, 0.2) is 17.1 Å². The van der Waals surface area contributed by atoms with E-state index >= 15 is 0 Å². The van der Waals surface area contributed by atoms with Crippen LogP contribution in [-0.4, -0.2) is 39.9 Å². The van der Waals surface area contributed by atoms with Crippen molar-refractivity contribution in [3.8, 4) is 0 Å². The van der Waals surface area contributed by atoms with E-state index < -0.39 is 23.5 Å². The molecule has 0 fully saturated rings. The summed E-state index contributed by atoms with van der Waals surface area (Å²) < 4.78 is 0. The van der Waals surface area contributed by atoms with Gasteiger partial charge in [0.25, 0.3) is 0 Å². The molecule has 2 unspecified atom stereocenters. The molecule has 0 saturated heterocycles. The molecular formula is C7H8N2O4. The van der Waals surface area contributed by atoms with E-state index in [2.05, 4.69) is 4.99 Å². The van der Waals surface area contributed by atoms with Gasteiger partial charge in [-0.05, 0) is 12.2 Å². The number of hydrogen-bond acceptors (Lipinski definition) is 4. The van der Waals surface area contributed by atoms with E-state index in [0.717, 1.165) is 6.08 Å².